The summed E-state index contributed by atoms with van der Waals surface area (Å²) in [5.74, 6) is 0.990. The van der Waals surface area contributed by atoms with Crippen LogP contribution in [0.25, 0.3) is 0 Å². The Morgan fingerprint density at radius 1 is 1.31 bits per heavy atom. The molecule has 0 atom stereocenters. The second-order valence-corrected chi connectivity index (χ2v) is 3.10. The van der Waals surface area contributed by atoms with Crippen molar-refractivity contribution in [3.05, 3.63) is 18.1 Å². The van der Waals surface area contributed by atoms with E-state index in [0.29, 0.717) is 0 Å². The Labute approximate surface area is 79.8 Å². The van der Waals surface area contributed by atoms with Crippen molar-refractivity contribution < 1.29 is 0 Å². The zero-order chi connectivity index (χ0) is 9.68. The van der Waals surface area contributed by atoms with Gasteiger partial charge in [-0.15, -0.1) is 0 Å². The molecule has 0 aliphatic rings. The summed E-state index contributed by atoms with van der Waals surface area (Å²) < 4.78 is 0. The average Bonchev–Trinajstić information content (AvgIpc) is 2.14. The second kappa shape index (κ2) is 4.80. The molecule has 0 aliphatic heterocycles. The monoisotopic (exact) mass is 179 g/mol. The van der Waals surface area contributed by atoms with Crippen LogP contribution < -0.4 is 4.90 Å². The number of aryl methyl sites for hydroxylation is 1. The molecule has 0 fully saturated rings. The molecule has 1 heterocycles. The molecule has 3 heteroatoms. The van der Waals surface area contributed by atoms with Crippen LogP contribution in [-0.2, 0) is 0 Å². The summed E-state index contributed by atoms with van der Waals surface area (Å²) in [6.07, 6.45) is 4.75. The van der Waals surface area contributed by atoms with Gasteiger partial charge in [-0.3, -0.25) is 4.98 Å². The molecule has 0 unspecified atom stereocenters. The molecule has 13 heavy (non-hydrogen) atoms. The van der Waals surface area contributed by atoms with E-state index in [0.717, 1.165) is 31.0 Å². The molecule has 0 bridgehead atoms. The van der Waals surface area contributed by atoms with Gasteiger partial charge in [-0.05, 0) is 20.3 Å². The molecule has 0 spiro atoms. The maximum absolute atomic E-state index is 4.43. The lowest BCUT2D eigenvalue weighted by atomic mass is 10.4. The average molecular weight is 179 g/mol. The SMILES string of the molecule is CCCN(CC)c1cncc(C)n1. The fourth-order valence-corrected chi connectivity index (χ4v) is 1.31. The number of rotatable bonds is 4. The molecule has 1 rings (SSSR count). The normalized spacial score (nSPS) is 10.1. The van der Waals surface area contributed by atoms with E-state index in [1.807, 2.05) is 13.1 Å². The van der Waals surface area contributed by atoms with Gasteiger partial charge in [0, 0.05) is 19.3 Å². The number of hydrogen-bond acceptors (Lipinski definition) is 3. The van der Waals surface area contributed by atoms with Gasteiger partial charge in [0.25, 0.3) is 0 Å². The van der Waals surface area contributed by atoms with E-state index in [9.17, 15) is 0 Å². The van der Waals surface area contributed by atoms with Gasteiger partial charge in [0.1, 0.15) is 5.82 Å². The van der Waals surface area contributed by atoms with E-state index < -0.39 is 0 Å². The van der Waals surface area contributed by atoms with E-state index in [2.05, 4.69) is 28.7 Å². The third kappa shape index (κ3) is 2.68. The summed E-state index contributed by atoms with van der Waals surface area (Å²) in [6, 6.07) is 0. The number of anilines is 1. The summed E-state index contributed by atoms with van der Waals surface area (Å²) in [6.45, 7) is 8.32. The summed E-state index contributed by atoms with van der Waals surface area (Å²) in [5, 5.41) is 0. The molecule has 0 amide bonds. The van der Waals surface area contributed by atoms with Gasteiger partial charge in [-0.2, -0.15) is 0 Å². The Morgan fingerprint density at radius 3 is 2.62 bits per heavy atom. The van der Waals surface area contributed by atoms with E-state index in [1.165, 1.54) is 0 Å². The fraction of sp³-hybridized carbons (Fsp3) is 0.600. The molecular weight excluding hydrogens is 162 g/mol. The third-order valence-electron chi connectivity index (χ3n) is 1.94. The summed E-state index contributed by atoms with van der Waals surface area (Å²) >= 11 is 0. The van der Waals surface area contributed by atoms with Gasteiger partial charge < -0.3 is 4.90 Å². The Hall–Kier alpha value is -1.12. The van der Waals surface area contributed by atoms with Crippen molar-refractivity contribution in [3.8, 4) is 0 Å². The molecule has 0 aliphatic carbocycles. The molecule has 72 valence electrons. The number of hydrogen-bond donors (Lipinski definition) is 0. The van der Waals surface area contributed by atoms with Gasteiger partial charge in [-0.1, -0.05) is 6.92 Å². The number of aromatic nitrogens is 2. The maximum Gasteiger partial charge on any atom is 0.147 e. The highest BCUT2D eigenvalue weighted by atomic mass is 15.2. The van der Waals surface area contributed by atoms with Crippen LogP contribution in [0, 0.1) is 6.92 Å². The van der Waals surface area contributed by atoms with Gasteiger partial charge in [0.15, 0.2) is 0 Å². The van der Waals surface area contributed by atoms with E-state index in [1.54, 1.807) is 6.20 Å². The molecule has 0 aromatic carbocycles. The standard InChI is InChI=1S/C10H17N3/c1-4-6-13(5-2)10-8-11-7-9(3)12-10/h7-8H,4-6H2,1-3H3. The van der Waals surface area contributed by atoms with Crippen LogP contribution in [-0.4, -0.2) is 23.1 Å². The summed E-state index contributed by atoms with van der Waals surface area (Å²) in [7, 11) is 0. The molecule has 1 aromatic heterocycles. The van der Waals surface area contributed by atoms with Crippen molar-refractivity contribution in [2.45, 2.75) is 27.2 Å². The van der Waals surface area contributed by atoms with Crippen molar-refractivity contribution >= 4 is 5.82 Å². The van der Waals surface area contributed by atoms with Crippen molar-refractivity contribution in [1.82, 2.24) is 9.97 Å². The molecule has 1 aromatic rings. The van der Waals surface area contributed by atoms with Crippen LogP contribution >= 0.6 is 0 Å². The molecule has 0 N–H and O–H groups in total. The summed E-state index contributed by atoms with van der Waals surface area (Å²) in [4.78, 5) is 10.8. The second-order valence-electron chi connectivity index (χ2n) is 3.10. The largest absolute Gasteiger partial charge is 0.356 e. The van der Waals surface area contributed by atoms with Crippen molar-refractivity contribution in [1.29, 1.82) is 0 Å². The van der Waals surface area contributed by atoms with Crippen molar-refractivity contribution in [2.75, 3.05) is 18.0 Å². The Bertz CT molecular complexity index is 260. The van der Waals surface area contributed by atoms with Gasteiger partial charge in [-0.25, -0.2) is 4.98 Å². The van der Waals surface area contributed by atoms with Crippen molar-refractivity contribution in [2.24, 2.45) is 0 Å². The predicted octanol–water partition coefficient (Wildman–Crippen LogP) is 2.02. The van der Waals surface area contributed by atoms with Crippen LogP contribution in [0.15, 0.2) is 12.4 Å². The van der Waals surface area contributed by atoms with Crippen LogP contribution in [0.2, 0.25) is 0 Å². The van der Waals surface area contributed by atoms with Gasteiger partial charge in [0.05, 0.1) is 11.9 Å². The molecule has 0 radical (unpaired) electrons. The first kappa shape index (κ1) is 9.96. The fourth-order valence-electron chi connectivity index (χ4n) is 1.31. The highest BCUT2D eigenvalue weighted by molar-refractivity contribution is 5.35. The lowest BCUT2D eigenvalue weighted by Gasteiger charge is -2.20. The van der Waals surface area contributed by atoms with Crippen LogP contribution in [0.5, 0.6) is 0 Å². The molecule has 0 saturated heterocycles. The van der Waals surface area contributed by atoms with E-state index >= 15 is 0 Å². The van der Waals surface area contributed by atoms with Crippen LogP contribution in [0.3, 0.4) is 0 Å². The quantitative estimate of drug-likeness (QED) is 0.708. The molecule has 0 saturated carbocycles. The maximum atomic E-state index is 4.43. The lowest BCUT2D eigenvalue weighted by molar-refractivity contribution is 0.773. The Balaban J connectivity index is 2.78. The van der Waals surface area contributed by atoms with Crippen LogP contribution in [0.1, 0.15) is 26.0 Å². The number of nitrogens with zero attached hydrogens (tertiary/aromatic N) is 3. The van der Waals surface area contributed by atoms with E-state index in [-0.39, 0.29) is 0 Å². The lowest BCUT2D eigenvalue weighted by Crippen LogP contribution is -2.24. The third-order valence-corrected chi connectivity index (χ3v) is 1.94. The Kier molecular flexibility index (Phi) is 3.68. The van der Waals surface area contributed by atoms with Gasteiger partial charge in [0.2, 0.25) is 0 Å². The van der Waals surface area contributed by atoms with E-state index in [4.69, 9.17) is 0 Å². The molecule has 3 nitrogen and oxygen atoms in total. The first-order valence-corrected chi connectivity index (χ1v) is 4.81. The topological polar surface area (TPSA) is 29.0 Å². The Morgan fingerprint density at radius 2 is 2.08 bits per heavy atom. The van der Waals surface area contributed by atoms with Crippen LogP contribution in [0.4, 0.5) is 5.82 Å². The zero-order valence-corrected chi connectivity index (χ0v) is 8.62. The molecular formula is C10H17N3. The minimum absolute atomic E-state index is 0.979. The van der Waals surface area contributed by atoms with Crippen molar-refractivity contribution in [3.63, 3.8) is 0 Å². The smallest absolute Gasteiger partial charge is 0.147 e. The summed E-state index contributed by atoms with van der Waals surface area (Å²) in [5.41, 5.74) is 0.979. The zero-order valence-electron chi connectivity index (χ0n) is 8.62. The first-order valence-electron chi connectivity index (χ1n) is 4.81. The minimum Gasteiger partial charge on any atom is -0.356 e. The highest BCUT2D eigenvalue weighted by Crippen LogP contribution is 2.08. The predicted molar refractivity (Wildman–Crippen MR) is 54.9 cm³/mol. The first-order chi connectivity index (χ1) is 6.27. The minimum atomic E-state index is 0.979. The van der Waals surface area contributed by atoms with Gasteiger partial charge >= 0.3 is 0 Å². The highest BCUT2D eigenvalue weighted by Gasteiger charge is 2.03.